The lowest BCUT2D eigenvalue weighted by Gasteiger charge is -2.17. The van der Waals surface area contributed by atoms with E-state index in [1.54, 1.807) is 13.2 Å². The van der Waals surface area contributed by atoms with Crippen LogP contribution in [0.25, 0.3) is 0 Å². The highest BCUT2D eigenvalue weighted by Gasteiger charge is 2.19. The maximum atomic E-state index is 6.25. The van der Waals surface area contributed by atoms with E-state index in [2.05, 4.69) is 0 Å². The zero-order chi connectivity index (χ0) is 12.3. The number of rotatable bonds is 4. The van der Waals surface area contributed by atoms with E-state index in [0.717, 1.165) is 5.56 Å². The first-order valence-electron chi connectivity index (χ1n) is 5.21. The van der Waals surface area contributed by atoms with Gasteiger partial charge in [0.25, 0.3) is 0 Å². The van der Waals surface area contributed by atoms with Crippen molar-refractivity contribution >= 4 is 23.2 Å². The molecule has 0 saturated heterocycles. The van der Waals surface area contributed by atoms with Crippen molar-refractivity contribution in [2.24, 2.45) is 0 Å². The summed E-state index contributed by atoms with van der Waals surface area (Å²) in [6, 6.07) is 1.72. The SMILES string of the molecule is CCOc1cc(OC)c(Cl)c(C(C)C)c1Cl. The molecule has 0 aliphatic heterocycles. The molecule has 0 N–H and O–H groups in total. The highest BCUT2D eigenvalue weighted by molar-refractivity contribution is 6.38. The van der Waals surface area contributed by atoms with E-state index >= 15 is 0 Å². The quantitative estimate of drug-likeness (QED) is 0.794. The molecule has 0 spiro atoms. The first-order chi connectivity index (χ1) is 7.52. The molecule has 0 unspecified atom stereocenters. The van der Waals surface area contributed by atoms with Crippen molar-refractivity contribution in [3.05, 3.63) is 21.7 Å². The molecule has 0 atom stereocenters. The van der Waals surface area contributed by atoms with Crippen molar-refractivity contribution in [2.75, 3.05) is 13.7 Å². The summed E-state index contributed by atoms with van der Waals surface area (Å²) in [6.45, 7) is 6.53. The molecule has 1 aromatic carbocycles. The van der Waals surface area contributed by atoms with Gasteiger partial charge in [-0.1, -0.05) is 37.0 Å². The first kappa shape index (κ1) is 13.5. The van der Waals surface area contributed by atoms with Gasteiger partial charge in [0.1, 0.15) is 11.5 Å². The Kier molecular flexibility index (Phi) is 4.75. The largest absolute Gasteiger partial charge is 0.495 e. The van der Waals surface area contributed by atoms with Crippen molar-refractivity contribution in [1.29, 1.82) is 0 Å². The Morgan fingerprint density at radius 3 is 2.19 bits per heavy atom. The van der Waals surface area contributed by atoms with Crippen LogP contribution in [0, 0.1) is 0 Å². The van der Waals surface area contributed by atoms with Crippen molar-refractivity contribution in [3.8, 4) is 11.5 Å². The van der Waals surface area contributed by atoms with Crippen molar-refractivity contribution < 1.29 is 9.47 Å². The summed E-state index contributed by atoms with van der Waals surface area (Å²) < 4.78 is 10.7. The average molecular weight is 263 g/mol. The minimum atomic E-state index is 0.217. The number of halogens is 2. The highest BCUT2D eigenvalue weighted by Crippen LogP contribution is 2.43. The topological polar surface area (TPSA) is 18.5 Å². The van der Waals surface area contributed by atoms with E-state index in [0.29, 0.717) is 28.2 Å². The molecule has 1 aromatic rings. The third-order valence-corrected chi connectivity index (χ3v) is 3.04. The first-order valence-corrected chi connectivity index (χ1v) is 5.97. The minimum Gasteiger partial charge on any atom is -0.495 e. The van der Waals surface area contributed by atoms with Crippen LogP contribution in [0.1, 0.15) is 32.3 Å². The summed E-state index contributed by atoms with van der Waals surface area (Å²) in [5.74, 6) is 1.43. The standard InChI is InChI=1S/C12H16Cl2O2/c1-5-16-9-6-8(15-4)11(13)10(7(2)3)12(9)14/h6-7H,5H2,1-4H3. The Balaban J connectivity index is 3.39. The van der Waals surface area contributed by atoms with Crippen LogP contribution in [0.5, 0.6) is 11.5 Å². The number of benzene rings is 1. The van der Waals surface area contributed by atoms with E-state index in [4.69, 9.17) is 32.7 Å². The van der Waals surface area contributed by atoms with Gasteiger partial charge in [0.15, 0.2) is 0 Å². The van der Waals surface area contributed by atoms with Gasteiger partial charge in [-0.3, -0.25) is 0 Å². The number of methoxy groups -OCH3 is 1. The minimum absolute atomic E-state index is 0.217. The van der Waals surface area contributed by atoms with Gasteiger partial charge in [0.2, 0.25) is 0 Å². The van der Waals surface area contributed by atoms with Gasteiger partial charge in [-0.05, 0) is 18.4 Å². The molecule has 0 saturated carbocycles. The van der Waals surface area contributed by atoms with E-state index in [9.17, 15) is 0 Å². The third kappa shape index (κ3) is 2.55. The Morgan fingerprint density at radius 2 is 1.75 bits per heavy atom. The average Bonchev–Trinajstić information content (AvgIpc) is 2.22. The van der Waals surface area contributed by atoms with Gasteiger partial charge in [-0.2, -0.15) is 0 Å². The normalized spacial score (nSPS) is 10.7. The molecule has 16 heavy (non-hydrogen) atoms. The fourth-order valence-electron chi connectivity index (χ4n) is 1.52. The van der Waals surface area contributed by atoms with Crippen LogP contribution in [-0.2, 0) is 0 Å². The third-order valence-electron chi connectivity index (χ3n) is 2.26. The molecule has 0 radical (unpaired) electrons. The second-order valence-corrected chi connectivity index (χ2v) is 4.46. The molecule has 0 fully saturated rings. The molecule has 0 aliphatic rings. The van der Waals surface area contributed by atoms with Gasteiger partial charge in [0.05, 0.1) is 23.8 Å². The molecule has 4 heteroatoms. The van der Waals surface area contributed by atoms with Gasteiger partial charge < -0.3 is 9.47 Å². The van der Waals surface area contributed by atoms with Crippen LogP contribution in [-0.4, -0.2) is 13.7 Å². The Labute approximate surface area is 106 Å². The predicted octanol–water partition coefficient (Wildman–Crippen LogP) is 4.52. The molecule has 90 valence electrons. The molecule has 0 bridgehead atoms. The number of ether oxygens (including phenoxy) is 2. The van der Waals surface area contributed by atoms with Crippen LogP contribution < -0.4 is 9.47 Å². The van der Waals surface area contributed by atoms with Gasteiger partial charge >= 0.3 is 0 Å². The van der Waals surface area contributed by atoms with E-state index in [1.165, 1.54) is 0 Å². The molecule has 1 rings (SSSR count). The zero-order valence-corrected chi connectivity index (χ0v) is 11.4. The monoisotopic (exact) mass is 262 g/mol. The van der Waals surface area contributed by atoms with Crippen molar-refractivity contribution in [1.82, 2.24) is 0 Å². The summed E-state index contributed by atoms with van der Waals surface area (Å²) in [5.41, 5.74) is 0.867. The maximum Gasteiger partial charge on any atom is 0.141 e. The Morgan fingerprint density at radius 1 is 1.19 bits per heavy atom. The maximum absolute atomic E-state index is 6.25. The molecule has 0 heterocycles. The summed E-state index contributed by atoms with van der Waals surface area (Å²) >= 11 is 12.5. The summed E-state index contributed by atoms with van der Waals surface area (Å²) in [5, 5.41) is 1.13. The highest BCUT2D eigenvalue weighted by atomic mass is 35.5. The lowest BCUT2D eigenvalue weighted by Crippen LogP contribution is -1.99. The molecular weight excluding hydrogens is 247 g/mol. The molecule has 0 amide bonds. The fraction of sp³-hybridized carbons (Fsp3) is 0.500. The van der Waals surface area contributed by atoms with Crippen LogP contribution >= 0.6 is 23.2 Å². The molecule has 0 aromatic heterocycles. The lowest BCUT2D eigenvalue weighted by atomic mass is 10.0. The van der Waals surface area contributed by atoms with Crippen LogP contribution in [0.15, 0.2) is 6.07 Å². The smallest absolute Gasteiger partial charge is 0.141 e. The van der Waals surface area contributed by atoms with Crippen LogP contribution in [0.3, 0.4) is 0 Å². The van der Waals surface area contributed by atoms with Crippen molar-refractivity contribution in [2.45, 2.75) is 26.7 Å². The number of hydrogen-bond donors (Lipinski definition) is 0. The lowest BCUT2D eigenvalue weighted by molar-refractivity contribution is 0.335. The number of hydrogen-bond acceptors (Lipinski definition) is 2. The summed E-state index contributed by atoms with van der Waals surface area (Å²) in [6.07, 6.45) is 0. The molecular formula is C12H16Cl2O2. The fourth-order valence-corrected chi connectivity index (χ4v) is 2.44. The second kappa shape index (κ2) is 5.65. The Bertz CT molecular complexity index is 376. The predicted molar refractivity (Wildman–Crippen MR) is 68.3 cm³/mol. The molecule has 2 nitrogen and oxygen atoms in total. The van der Waals surface area contributed by atoms with Gasteiger partial charge in [-0.15, -0.1) is 0 Å². The van der Waals surface area contributed by atoms with Crippen LogP contribution in [0.2, 0.25) is 10.0 Å². The van der Waals surface area contributed by atoms with Gasteiger partial charge in [-0.25, -0.2) is 0 Å². The molecule has 0 aliphatic carbocycles. The summed E-state index contributed by atoms with van der Waals surface area (Å²) in [4.78, 5) is 0. The van der Waals surface area contributed by atoms with E-state index in [-0.39, 0.29) is 5.92 Å². The summed E-state index contributed by atoms with van der Waals surface area (Å²) in [7, 11) is 1.58. The van der Waals surface area contributed by atoms with Crippen molar-refractivity contribution in [3.63, 3.8) is 0 Å². The zero-order valence-electron chi connectivity index (χ0n) is 9.93. The second-order valence-electron chi connectivity index (χ2n) is 3.71. The van der Waals surface area contributed by atoms with Gasteiger partial charge in [0, 0.05) is 6.07 Å². The van der Waals surface area contributed by atoms with E-state index in [1.807, 2.05) is 20.8 Å². The van der Waals surface area contributed by atoms with E-state index < -0.39 is 0 Å². The van der Waals surface area contributed by atoms with Crippen LogP contribution in [0.4, 0.5) is 0 Å². The Hall–Kier alpha value is -0.600.